The number of carbonyl (C=O) groups excluding carboxylic acids is 1. The number of likely N-dealkylation sites (N-methyl/N-ethyl adjacent to an activating group) is 1. The second-order valence-corrected chi connectivity index (χ2v) is 4.89. The Bertz CT molecular complexity index is 486. The molecule has 0 radical (unpaired) electrons. The second kappa shape index (κ2) is 7.65. The summed E-state index contributed by atoms with van der Waals surface area (Å²) in [4.78, 5) is 24.2. The average molecular weight is 278 g/mol. The molecule has 0 unspecified atom stereocenters. The van der Waals surface area contributed by atoms with E-state index in [4.69, 9.17) is 5.11 Å². The molecule has 0 aliphatic rings. The summed E-state index contributed by atoms with van der Waals surface area (Å²) in [7, 11) is 1.74. The molecule has 1 amide bonds. The second-order valence-electron chi connectivity index (χ2n) is 4.89. The number of nitrogens with zero attached hydrogens (tertiary/aromatic N) is 1. The Morgan fingerprint density at radius 3 is 2.65 bits per heavy atom. The van der Waals surface area contributed by atoms with Crippen LogP contribution >= 0.6 is 0 Å². The van der Waals surface area contributed by atoms with Gasteiger partial charge in [0, 0.05) is 12.2 Å². The van der Waals surface area contributed by atoms with Gasteiger partial charge in [0.05, 0.1) is 13.0 Å². The fourth-order valence-corrected chi connectivity index (χ4v) is 1.99. The summed E-state index contributed by atoms with van der Waals surface area (Å²) in [5, 5.41) is 11.5. The van der Waals surface area contributed by atoms with Gasteiger partial charge >= 0.3 is 5.97 Å². The maximum absolute atomic E-state index is 12.0. The minimum Gasteiger partial charge on any atom is -0.481 e. The molecule has 0 aromatic heterocycles. The van der Waals surface area contributed by atoms with Gasteiger partial charge in [-0.2, -0.15) is 0 Å². The lowest BCUT2D eigenvalue weighted by Crippen LogP contribution is -2.32. The molecule has 5 heteroatoms. The smallest absolute Gasteiger partial charge is 0.304 e. The fraction of sp³-hybridized carbons (Fsp3) is 0.467. The van der Waals surface area contributed by atoms with E-state index in [-0.39, 0.29) is 18.9 Å². The van der Waals surface area contributed by atoms with E-state index in [1.54, 1.807) is 11.9 Å². The van der Waals surface area contributed by atoms with E-state index in [0.717, 1.165) is 23.2 Å². The Hall–Kier alpha value is -1.88. The first-order chi connectivity index (χ1) is 9.43. The summed E-state index contributed by atoms with van der Waals surface area (Å²) >= 11 is 0. The highest BCUT2D eigenvalue weighted by molar-refractivity contribution is 5.93. The normalized spacial score (nSPS) is 10.6. The van der Waals surface area contributed by atoms with Crippen LogP contribution in [0.1, 0.15) is 24.5 Å². The van der Waals surface area contributed by atoms with E-state index in [1.165, 1.54) is 0 Å². The zero-order chi connectivity index (χ0) is 15.1. The topological polar surface area (TPSA) is 69.6 Å². The highest BCUT2D eigenvalue weighted by atomic mass is 16.4. The molecule has 110 valence electrons. The number of carboxylic acid groups (broad SMARTS) is 1. The number of carbonyl (C=O) groups is 2. The first kappa shape index (κ1) is 16.2. The van der Waals surface area contributed by atoms with Crippen LogP contribution in [0.2, 0.25) is 0 Å². The van der Waals surface area contributed by atoms with Crippen molar-refractivity contribution in [2.75, 3.05) is 25.5 Å². The highest BCUT2D eigenvalue weighted by Crippen LogP contribution is 2.20. The molecular weight excluding hydrogens is 256 g/mol. The predicted molar refractivity (Wildman–Crippen MR) is 78.9 cm³/mol. The summed E-state index contributed by atoms with van der Waals surface area (Å²) < 4.78 is 0. The minimum absolute atomic E-state index is 0.0361. The van der Waals surface area contributed by atoms with Crippen LogP contribution in [0.5, 0.6) is 0 Å². The Morgan fingerprint density at radius 1 is 1.35 bits per heavy atom. The molecule has 0 bridgehead atoms. The minimum atomic E-state index is -0.857. The Labute approximate surface area is 119 Å². The van der Waals surface area contributed by atoms with E-state index in [9.17, 15) is 9.59 Å². The number of hydrogen-bond donors (Lipinski definition) is 2. The maximum Gasteiger partial charge on any atom is 0.304 e. The maximum atomic E-state index is 12.0. The molecule has 0 aliphatic heterocycles. The Morgan fingerprint density at radius 2 is 2.05 bits per heavy atom. The van der Waals surface area contributed by atoms with Gasteiger partial charge < -0.3 is 10.4 Å². The SMILES string of the molecule is CCc1cccc(C)c1NC(=O)CN(C)CCC(=O)O. The van der Waals surface area contributed by atoms with Crippen molar-refractivity contribution in [1.82, 2.24) is 4.90 Å². The summed E-state index contributed by atoms with van der Waals surface area (Å²) in [5.41, 5.74) is 3.00. The molecule has 1 aromatic carbocycles. The van der Waals surface area contributed by atoms with Gasteiger partial charge in [-0.1, -0.05) is 25.1 Å². The molecular formula is C15H22N2O3. The first-order valence-electron chi connectivity index (χ1n) is 6.72. The van der Waals surface area contributed by atoms with Crippen LogP contribution in [0.15, 0.2) is 18.2 Å². The van der Waals surface area contributed by atoms with Crippen molar-refractivity contribution >= 4 is 17.6 Å². The van der Waals surface area contributed by atoms with Crippen LogP contribution in [0.25, 0.3) is 0 Å². The van der Waals surface area contributed by atoms with Crippen LogP contribution in [0.3, 0.4) is 0 Å². The van der Waals surface area contributed by atoms with Gasteiger partial charge in [-0.25, -0.2) is 0 Å². The number of aliphatic carboxylic acids is 1. The lowest BCUT2D eigenvalue weighted by molar-refractivity contribution is -0.137. The number of rotatable bonds is 7. The van der Waals surface area contributed by atoms with Crippen molar-refractivity contribution in [2.24, 2.45) is 0 Å². The highest BCUT2D eigenvalue weighted by Gasteiger charge is 2.11. The van der Waals surface area contributed by atoms with Crippen molar-refractivity contribution in [3.05, 3.63) is 29.3 Å². The largest absolute Gasteiger partial charge is 0.481 e. The zero-order valence-corrected chi connectivity index (χ0v) is 12.3. The fourth-order valence-electron chi connectivity index (χ4n) is 1.99. The number of benzene rings is 1. The third kappa shape index (κ3) is 5.01. The average Bonchev–Trinajstić information content (AvgIpc) is 2.38. The molecule has 1 aromatic rings. The molecule has 5 nitrogen and oxygen atoms in total. The number of aryl methyl sites for hydroxylation is 2. The van der Waals surface area contributed by atoms with Crippen LogP contribution in [-0.2, 0) is 16.0 Å². The lowest BCUT2D eigenvalue weighted by Gasteiger charge is -2.17. The standard InChI is InChI=1S/C15H22N2O3/c1-4-12-7-5-6-11(2)15(12)16-13(18)10-17(3)9-8-14(19)20/h5-7H,4,8-10H2,1-3H3,(H,16,18)(H,19,20). The summed E-state index contributed by atoms with van der Waals surface area (Å²) in [6, 6.07) is 5.93. The first-order valence-corrected chi connectivity index (χ1v) is 6.72. The van der Waals surface area contributed by atoms with Gasteiger partial charge in [-0.3, -0.25) is 14.5 Å². The Balaban J connectivity index is 2.60. The molecule has 0 spiro atoms. The van der Waals surface area contributed by atoms with Crippen molar-refractivity contribution in [1.29, 1.82) is 0 Å². The predicted octanol–water partition coefficient (Wildman–Crippen LogP) is 1.90. The van der Waals surface area contributed by atoms with E-state index in [2.05, 4.69) is 5.32 Å². The monoisotopic (exact) mass is 278 g/mol. The Kier molecular flexibility index (Phi) is 6.18. The number of carboxylic acids is 1. The third-order valence-electron chi connectivity index (χ3n) is 3.13. The lowest BCUT2D eigenvalue weighted by atomic mass is 10.1. The van der Waals surface area contributed by atoms with Gasteiger partial charge in [0.1, 0.15) is 0 Å². The molecule has 2 N–H and O–H groups in total. The molecule has 0 fully saturated rings. The number of hydrogen-bond acceptors (Lipinski definition) is 3. The van der Waals surface area contributed by atoms with Gasteiger partial charge in [0.25, 0.3) is 0 Å². The quantitative estimate of drug-likeness (QED) is 0.799. The third-order valence-corrected chi connectivity index (χ3v) is 3.13. The van der Waals surface area contributed by atoms with Crippen molar-refractivity contribution in [3.8, 4) is 0 Å². The van der Waals surface area contributed by atoms with Gasteiger partial charge in [0.2, 0.25) is 5.91 Å². The molecule has 20 heavy (non-hydrogen) atoms. The van der Waals surface area contributed by atoms with Crippen LogP contribution in [-0.4, -0.2) is 42.0 Å². The van der Waals surface area contributed by atoms with E-state index < -0.39 is 5.97 Å². The van der Waals surface area contributed by atoms with E-state index in [0.29, 0.717) is 6.54 Å². The zero-order valence-electron chi connectivity index (χ0n) is 12.3. The summed E-state index contributed by atoms with van der Waals surface area (Å²) in [6.45, 7) is 4.55. The molecule has 0 atom stereocenters. The van der Waals surface area contributed by atoms with Gasteiger partial charge in [-0.15, -0.1) is 0 Å². The number of nitrogens with one attached hydrogen (secondary N) is 1. The van der Waals surface area contributed by atoms with E-state index in [1.807, 2.05) is 32.0 Å². The summed E-state index contributed by atoms with van der Waals surface area (Å²) in [6.07, 6.45) is 0.889. The van der Waals surface area contributed by atoms with Gasteiger partial charge in [0.15, 0.2) is 0 Å². The molecule has 1 rings (SSSR count). The number of para-hydroxylation sites is 1. The van der Waals surface area contributed by atoms with Crippen LogP contribution < -0.4 is 5.32 Å². The number of anilines is 1. The summed E-state index contributed by atoms with van der Waals surface area (Å²) in [5.74, 6) is -0.980. The van der Waals surface area contributed by atoms with Crippen molar-refractivity contribution in [3.63, 3.8) is 0 Å². The van der Waals surface area contributed by atoms with Crippen molar-refractivity contribution in [2.45, 2.75) is 26.7 Å². The van der Waals surface area contributed by atoms with Gasteiger partial charge in [-0.05, 0) is 31.5 Å². The molecule has 0 saturated carbocycles. The van der Waals surface area contributed by atoms with Crippen LogP contribution in [0, 0.1) is 6.92 Å². The van der Waals surface area contributed by atoms with E-state index >= 15 is 0 Å². The van der Waals surface area contributed by atoms with Crippen LogP contribution in [0.4, 0.5) is 5.69 Å². The number of amides is 1. The molecule has 0 heterocycles. The van der Waals surface area contributed by atoms with Crippen molar-refractivity contribution < 1.29 is 14.7 Å². The molecule has 0 aliphatic carbocycles. The molecule has 0 saturated heterocycles.